The van der Waals surface area contributed by atoms with Crippen molar-refractivity contribution in [3.8, 4) is 11.5 Å². The number of hydrogen-bond donors (Lipinski definition) is 2. The first-order valence-electron chi connectivity index (χ1n) is 5.92. The van der Waals surface area contributed by atoms with E-state index in [4.69, 9.17) is 9.47 Å². The molecular weight excluding hydrogens is 268 g/mol. The summed E-state index contributed by atoms with van der Waals surface area (Å²) in [5.41, 5.74) is 0.972. The molecule has 0 bridgehead atoms. The second kappa shape index (κ2) is 9.47. The Kier molecular flexibility index (Phi) is 8.74. The van der Waals surface area contributed by atoms with E-state index in [0.717, 1.165) is 5.56 Å². The molecule has 1 rings (SSSR count). The molecule has 1 aromatic rings. The van der Waals surface area contributed by atoms with Crippen molar-refractivity contribution in [2.75, 3.05) is 27.3 Å². The SMILES string of the molecule is CCOc1ccc(CNC(=O)CNC)cc1OC.Cl. The molecule has 19 heavy (non-hydrogen) atoms. The maximum absolute atomic E-state index is 11.3. The Morgan fingerprint density at radius 2 is 2.05 bits per heavy atom. The van der Waals surface area contributed by atoms with E-state index in [9.17, 15) is 4.79 Å². The molecule has 0 fully saturated rings. The van der Waals surface area contributed by atoms with Crippen molar-refractivity contribution in [1.29, 1.82) is 0 Å². The first-order valence-corrected chi connectivity index (χ1v) is 5.92. The van der Waals surface area contributed by atoms with Crippen molar-refractivity contribution in [2.24, 2.45) is 0 Å². The van der Waals surface area contributed by atoms with Crippen molar-refractivity contribution >= 4 is 18.3 Å². The third-order valence-electron chi connectivity index (χ3n) is 2.35. The quantitative estimate of drug-likeness (QED) is 0.795. The van der Waals surface area contributed by atoms with Gasteiger partial charge in [0, 0.05) is 6.54 Å². The number of hydrogen-bond acceptors (Lipinski definition) is 4. The lowest BCUT2D eigenvalue weighted by Crippen LogP contribution is -2.31. The maximum atomic E-state index is 11.3. The number of halogens is 1. The van der Waals surface area contributed by atoms with E-state index < -0.39 is 0 Å². The number of carbonyl (C=O) groups is 1. The minimum absolute atomic E-state index is 0. The van der Waals surface area contributed by atoms with Gasteiger partial charge in [-0.3, -0.25) is 4.79 Å². The summed E-state index contributed by atoms with van der Waals surface area (Å²) in [6, 6.07) is 5.62. The molecular formula is C13H21ClN2O3. The fourth-order valence-corrected chi connectivity index (χ4v) is 1.52. The highest BCUT2D eigenvalue weighted by Crippen LogP contribution is 2.27. The summed E-state index contributed by atoms with van der Waals surface area (Å²) in [5, 5.41) is 5.60. The second-order valence-corrected chi connectivity index (χ2v) is 3.73. The minimum Gasteiger partial charge on any atom is -0.493 e. The Balaban J connectivity index is 0.00000324. The Morgan fingerprint density at radius 1 is 1.32 bits per heavy atom. The molecule has 6 heteroatoms. The second-order valence-electron chi connectivity index (χ2n) is 3.73. The van der Waals surface area contributed by atoms with Crippen LogP contribution in [0.5, 0.6) is 11.5 Å². The van der Waals surface area contributed by atoms with Gasteiger partial charge in [-0.15, -0.1) is 12.4 Å². The fourth-order valence-electron chi connectivity index (χ4n) is 1.52. The molecule has 0 atom stereocenters. The molecule has 2 N–H and O–H groups in total. The van der Waals surface area contributed by atoms with Crippen LogP contribution in [0, 0.1) is 0 Å². The molecule has 108 valence electrons. The Bertz CT molecular complexity index is 399. The molecule has 0 heterocycles. The zero-order chi connectivity index (χ0) is 13.4. The Morgan fingerprint density at radius 3 is 2.63 bits per heavy atom. The molecule has 1 aromatic carbocycles. The highest BCUT2D eigenvalue weighted by molar-refractivity contribution is 5.85. The number of nitrogens with one attached hydrogen (secondary N) is 2. The average molecular weight is 289 g/mol. The van der Waals surface area contributed by atoms with Crippen molar-refractivity contribution in [3.63, 3.8) is 0 Å². The molecule has 0 radical (unpaired) electrons. The summed E-state index contributed by atoms with van der Waals surface area (Å²) in [7, 11) is 3.33. The van der Waals surface area contributed by atoms with Gasteiger partial charge in [-0.2, -0.15) is 0 Å². The van der Waals surface area contributed by atoms with Crippen LogP contribution in [0.3, 0.4) is 0 Å². The lowest BCUT2D eigenvalue weighted by Gasteiger charge is -2.11. The zero-order valence-electron chi connectivity index (χ0n) is 11.5. The first-order chi connectivity index (χ1) is 8.71. The van der Waals surface area contributed by atoms with Crippen LogP contribution in [-0.2, 0) is 11.3 Å². The molecule has 0 unspecified atom stereocenters. The zero-order valence-corrected chi connectivity index (χ0v) is 12.3. The molecule has 0 spiro atoms. The summed E-state index contributed by atoms with van der Waals surface area (Å²) in [4.78, 5) is 11.3. The predicted octanol–water partition coefficient (Wildman–Crippen LogP) is 1.35. The molecule has 0 aromatic heterocycles. The van der Waals surface area contributed by atoms with Crippen LogP contribution in [0.4, 0.5) is 0 Å². The summed E-state index contributed by atoms with van der Waals surface area (Å²) in [6.07, 6.45) is 0. The Labute approximate surface area is 120 Å². The lowest BCUT2D eigenvalue weighted by molar-refractivity contribution is -0.120. The normalized spacial score (nSPS) is 9.42. The maximum Gasteiger partial charge on any atom is 0.234 e. The van der Waals surface area contributed by atoms with Gasteiger partial charge >= 0.3 is 0 Å². The molecule has 0 saturated carbocycles. The van der Waals surface area contributed by atoms with Crippen molar-refractivity contribution in [1.82, 2.24) is 10.6 Å². The van der Waals surface area contributed by atoms with E-state index in [2.05, 4.69) is 10.6 Å². The highest BCUT2D eigenvalue weighted by Gasteiger charge is 2.06. The van der Waals surface area contributed by atoms with Gasteiger partial charge in [-0.05, 0) is 31.7 Å². The highest BCUT2D eigenvalue weighted by atomic mass is 35.5. The lowest BCUT2D eigenvalue weighted by atomic mass is 10.2. The van der Waals surface area contributed by atoms with Crippen LogP contribution in [0.1, 0.15) is 12.5 Å². The van der Waals surface area contributed by atoms with Gasteiger partial charge in [0.15, 0.2) is 11.5 Å². The van der Waals surface area contributed by atoms with Gasteiger partial charge in [0.1, 0.15) is 0 Å². The van der Waals surface area contributed by atoms with Crippen LogP contribution in [0.15, 0.2) is 18.2 Å². The standard InChI is InChI=1S/C13H20N2O3.ClH/c1-4-18-11-6-5-10(7-12(11)17-3)8-15-13(16)9-14-2;/h5-7,14H,4,8-9H2,1-3H3,(H,15,16);1H. The van der Waals surface area contributed by atoms with Gasteiger partial charge in [-0.1, -0.05) is 6.07 Å². The van der Waals surface area contributed by atoms with Gasteiger partial charge in [-0.25, -0.2) is 0 Å². The van der Waals surface area contributed by atoms with Crippen molar-refractivity contribution in [2.45, 2.75) is 13.5 Å². The van der Waals surface area contributed by atoms with Gasteiger partial charge in [0.2, 0.25) is 5.91 Å². The summed E-state index contributed by atoms with van der Waals surface area (Å²) in [6.45, 7) is 3.30. The molecule has 0 saturated heterocycles. The van der Waals surface area contributed by atoms with E-state index in [0.29, 0.717) is 31.2 Å². The van der Waals surface area contributed by atoms with Crippen LogP contribution >= 0.6 is 12.4 Å². The summed E-state index contributed by atoms with van der Waals surface area (Å²) < 4.78 is 10.7. The number of methoxy groups -OCH3 is 1. The van der Waals surface area contributed by atoms with Crippen molar-refractivity contribution in [3.05, 3.63) is 23.8 Å². The monoisotopic (exact) mass is 288 g/mol. The van der Waals surface area contributed by atoms with Crippen LogP contribution in [0.2, 0.25) is 0 Å². The molecule has 1 amide bonds. The molecule has 0 aliphatic heterocycles. The largest absolute Gasteiger partial charge is 0.493 e. The van der Waals surface area contributed by atoms with Crippen LogP contribution < -0.4 is 20.1 Å². The van der Waals surface area contributed by atoms with Gasteiger partial charge in [0.05, 0.1) is 20.3 Å². The average Bonchev–Trinajstić information content (AvgIpc) is 2.38. The summed E-state index contributed by atoms with van der Waals surface area (Å²) in [5.74, 6) is 1.35. The third-order valence-corrected chi connectivity index (χ3v) is 2.35. The Hall–Kier alpha value is -1.46. The summed E-state index contributed by atoms with van der Waals surface area (Å²) >= 11 is 0. The first kappa shape index (κ1) is 17.5. The van der Waals surface area contributed by atoms with E-state index in [1.807, 2.05) is 25.1 Å². The topological polar surface area (TPSA) is 59.6 Å². The molecule has 0 aliphatic rings. The van der Waals surface area contributed by atoms with Gasteiger partial charge < -0.3 is 20.1 Å². The van der Waals surface area contributed by atoms with Crippen LogP contribution in [-0.4, -0.2) is 33.2 Å². The van der Waals surface area contributed by atoms with E-state index in [1.54, 1.807) is 14.2 Å². The number of carbonyl (C=O) groups excluding carboxylic acids is 1. The van der Waals surface area contributed by atoms with Crippen molar-refractivity contribution < 1.29 is 14.3 Å². The van der Waals surface area contributed by atoms with E-state index in [-0.39, 0.29) is 18.3 Å². The third kappa shape index (κ3) is 5.81. The number of rotatable bonds is 7. The molecule has 5 nitrogen and oxygen atoms in total. The number of likely N-dealkylation sites (N-methyl/N-ethyl adjacent to an activating group) is 1. The van der Waals surface area contributed by atoms with Crippen LogP contribution in [0.25, 0.3) is 0 Å². The number of amides is 1. The smallest absolute Gasteiger partial charge is 0.234 e. The van der Waals surface area contributed by atoms with E-state index in [1.165, 1.54) is 0 Å². The van der Waals surface area contributed by atoms with E-state index >= 15 is 0 Å². The number of benzene rings is 1. The number of ether oxygens (including phenoxy) is 2. The van der Waals surface area contributed by atoms with Gasteiger partial charge in [0.25, 0.3) is 0 Å². The minimum atomic E-state index is -0.0367. The molecule has 0 aliphatic carbocycles. The predicted molar refractivity (Wildman–Crippen MR) is 77.2 cm³/mol. The fraction of sp³-hybridized carbons (Fsp3) is 0.462.